The highest BCUT2D eigenvalue weighted by molar-refractivity contribution is 4.93. The maximum absolute atomic E-state index is 6.05. The summed E-state index contributed by atoms with van der Waals surface area (Å²) in [6, 6.07) is 0. The van der Waals surface area contributed by atoms with Crippen LogP contribution in [-0.2, 0) is 6.54 Å². The Labute approximate surface area is 84.1 Å². The molecular weight excluding hydrogens is 178 g/mol. The number of piperidine rings is 1. The van der Waals surface area contributed by atoms with Gasteiger partial charge in [-0.2, -0.15) is 0 Å². The van der Waals surface area contributed by atoms with E-state index in [9.17, 15) is 0 Å². The minimum absolute atomic E-state index is 0.0281. The predicted molar refractivity (Wildman–Crippen MR) is 53.6 cm³/mol. The molecule has 0 aromatic carbocycles. The summed E-state index contributed by atoms with van der Waals surface area (Å²) >= 11 is 0. The first kappa shape index (κ1) is 9.68. The zero-order valence-corrected chi connectivity index (χ0v) is 8.57. The largest absolute Gasteiger partial charge is 0.451 e. The van der Waals surface area contributed by atoms with Gasteiger partial charge in [0, 0.05) is 25.2 Å². The minimum Gasteiger partial charge on any atom is -0.451 e. The zero-order valence-electron chi connectivity index (χ0n) is 8.57. The fourth-order valence-corrected chi connectivity index (χ4v) is 1.77. The molecule has 14 heavy (non-hydrogen) atoms. The van der Waals surface area contributed by atoms with E-state index in [1.165, 1.54) is 6.39 Å². The molecule has 0 unspecified atom stereocenters. The summed E-state index contributed by atoms with van der Waals surface area (Å²) in [6.45, 7) is 5.12. The smallest absolute Gasteiger partial charge is 0.180 e. The molecule has 0 saturated carbocycles. The summed E-state index contributed by atoms with van der Waals surface area (Å²) in [5.74, 6) is 0. The van der Waals surface area contributed by atoms with Crippen molar-refractivity contribution in [3.8, 4) is 0 Å². The van der Waals surface area contributed by atoms with Crippen LogP contribution < -0.4 is 5.73 Å². The van der Waals surface area contributed by atoms with Gasteiger partial charge in [-0.05, 0) is 19.8 Å². The Morgan fingerprint density at radius 1 is 1.57 bits per heavy atom. The maximum atomic E-state index is 6.05. The van der Waals surface area contributed by atoms with Crippen LogP contribution in [-0.4, -0.2) is 28.5 Å². The number of rotatable bonds is 2. The van der Waals surface area contributed by atoms with Crippen molar-refractivity contribution in [3.05, 3.63) is 18.4 Å². The van der Waals surface area contributed by atoms with E-state index in [-0.39, 0.29) is 5.54 Å². The van der Waals surface area contributed by atoms with Gasteiger partial charge in [-0.15, -0.1) is 0 Å². The number of oxazole rings is 1. The second kappa shape index (κ2) is 3.71. The van der Waals surface area contributed by atoms with Gasteiger partial charge in [0.15, 0.2) is 6.39 Å². The summed E-state index contributed by atoms with van der Waals surface area (Å²) in [5.41, 5.74) is 7.09. The molecule has 0 spiro atoms. The number of nitrogens with zero attached hydrogens (tertiary/aromatic N) is 2. The van der Waals surface area contributed by atoms with Gasteiger partial charge in [0.25, 0.3) is 0 Å². The van der Waals surface area contributed by atoms with Crippen LogP contribution in [0.5, 0.6) is 0 Å². The molecule has 1 aliphatic heterocycles. The van der Waals surface area contributed by atoms with Crippen LogP contribution in [0.2, 0.25) is 0 Å². The highest BCUT2D eigenvalue weighted by atomic mass is 16.3. The van der Waals surface area contributed by atoms with E-state index in [0.717, 1.165) is 38.2 Å². The summed E-state index contributed by atoms with van der Waals surface area (Å²) in [6.07, 6.45) is 5.30. The van der Waals surface area contributed by atoms with Gasteiger partial charge in [0.05, 0.1) is 5.69 Å². The molecule has 1 aromatic rings. The summed E-state index contributed by atoms with van der Waals surface area (Å²) in [5, 5.41) is 0. The molecule has 1 aromatic heterocycles. The lowest BCUT2D eigenvalue weighted by molar-refractivity contribution is 0.163. The molecule has 0 atom stereocenters. The molecule has 1 aliphatic rings. The maximum Gasteiger partial charge on any atom is 0.180 e. The Balaban J connectivity index is 1.85. The molecule has 0 amide bonds. The number of aromatic nitrogens is 1. The molecule has 0 aliphatic carbocycles. The average Bonchev–Trinajstić information content (AvgIpc) is 2.61. The normalized spacial score (nSPS) is 22.4. The van der Waals surface area contributed by atoms with Gasteiger partial charge in [0.1, 0.15) is 6.26 Å². The zero-order chi connectivity index (χ0) is 10.0. The monoisotopic (exact) mass is 195 g/mol. The van der Waals surface area contributed by atoms with Crippen molar-refractivity contribution < 1.29 is 4.42 Å². The molecule has 0 bridgehead atoms. The van der Waals surface area contributed by atoms with Crippen molar-refractivity contribution in [2.75, 3.05) is 13.1 Å². The molecular formula is C10H17N3O. The average molecular weight is 195 g/mol. The molecule has 4 heteroatoms. The second-order valence-corrected chi connectivity index (χ2v) is 4.41. The Kier molecular flexibility index (Phi) is 2.56. The standard InChI is InChI=1S/C10H17N3O/c1-10(11)2-4-13(5-3-10)6-9-7-14-8-12-9/h7-8H,2-6,11H2,1H3. The van der Waals surface area contributed by atoms with Crippen LogP contribution in [0.4, 0.5) is 0 Å². The van der Waals surface area contributed by atoms with Gasteiger partial charge in [-0.3, -0.25) is 4.90 Å². The highest BCUT2D eigenvalue weighted by Crippen LogP contribution is 2.19. The van der Waals surface area contributed by atoms with Crippen molar-refractivity contribution in [2.24, 2.45) is 5.73 Å². The number of likely N-dealkylation sites (tertiary alicyclic amines) is 1. The van der Waals surface area contributed by atoms with Gasteiger partial charge < -0.3 is 10.2 Å². The predicted octanol–water partition coefficient (Wildman–Crippen LogP) is 0.988. The van der Waals surface area contributed by atoms with Gasteiger partial charge in [-0.1, -0.05) is 0 Å². The number of nitrogens with two attached hydrogens (primary N) is 1. The quantitative estimate of drug-likeness (QED) is 0.764. The Morgan fingerprint density at radius 3 is 2.86 bits per heavy atom. The second-order valence-electron chi connectivity index (χ2n) is 4.41. The van der Waals surface area contributed by atoms with Gasteiger partial charge in [-0.25, -0.2) is 4.98 Å². The van der Waals surface area contributed by atoms with Crippen molar-refractivity contribution in [2.45, 2.75) is 31.8 Å². The molecule has 1 fully saturated rings. The highest BCUT2D eigenvalue weighted by Gasteiger charge is 2.25. The van der Waals surface area contributed by atoms with Crippen molar-refractivity contribution in [3.63, 3.8) is 0 Å². The molecule has 0 radical (unpaired) electrons. The first-order valence-corrected chi connectivity index (χ1v) is 5.04. The van der Waals surface area contributed by atoms with Crippen molar-refractivity contribution in [1.29, 1.82) is 0 Å². The Morgan fingerprint density at radius 2 is 2.29 bits per heavy atom. The van der Waals surface area contributed by atoms with Gasteiger partial charge in [0.2, 0.25) is 0 Å². The van der Waals surface area contributed by atoms with Crippen LogP contribution in [0.15, 0.2) is 17.1 Å². The third-order valence-electron chi connectivity index (χ3n) is 2.87. The SMILES string of the molecule is CC1(N)CCN(Cc2cocn2)CC1. The molecule has 78 valence electrons. The van der Waals surface area contributed by atoms with Crippen molar-refractivity contribution in [1.82, 2.24) is 9.88 Å². The molecule has 2 heterocycles. The van der Waals surface area contributed by atoms with E-state index in [0.29, 0.717) is 0 Å². The Hall–Kier alpha value is -0.870. The lowest BCUT2D eigenvalue weighted by Gasteiger charge is -2.36. The summed E-state index contributed by atoms with van der Waals surface area (Å²) < 4.78 is 4.93. The van der Waals surface area contributed by atoms with Crippen LogP contribution in [0.3, 0.4) is 0 Å². The van der Waals surface area contributed by atoms with Crippen LogP contribution in [0.25, 0.3) is 0 Å². The Bertz CT molecular complexity index is 272. The van der Waals surface area contributed by atoms with Gasteiger partial charge >= 0.3 is 0 Å². The number of hydrogen-bond acceptors (Lipinski definition) is 4. The molecule has 2 N–H and O–H groups in total. The number of hydrogen-bond donors (Lipinski definition) is 1. The molecule has 4 nitrogen and oxygen atoms in total. The van der Waals surface area contributed by atoms with E-state index in [1.807, 2.05) is 0 Å². The van der Waals surface area contributed by atoms with E-state index >= 15 is 0 Å². The van der Waals surface area contributed by atoms with E-state index in [1.54, 1.807) is 6.26 Å². The fourth-order valence-electron chi connectivity index (χ4n) is 1.77. The topological polar surface area (TPSA) is 55.3 Å². The minimum atomic E-state index is 0.0281. The van der Waals surface area contributed by atoms with E-state index in [2.05, 4.69) is 16.8 Å². The van der Waals surface area contributed by atoms with E-state index in [4.69, 9.17) is 10.2 Å². The fraction of sp³-hybridized carbons (Fsp3) is 0.700. The summed E-state index contributed by atoms with van der Waals surface area (Å²) in [7, 11) is 0. The van der Waals surface area contributed by atoms with Crippen LogP contribution >= 0.6 is 0 Å². The molecule has 1 saturated heterocycles. The third-order valence-corrected chi connectivity index (χ3v) is 2.87. The lowest BCUT2D eigenvalue weighted by Crippen LogP contribution is -2.47. The van der Waals surface area contributed by atoms with E-state index < -0.39 is 0 Å². The van der Waals surface area contributed by atoms with Crippen molar-refractivity contribution >= 4 is 0 Å². The third kappa shape index (κ3) is 2.33. The summed E-state index contributed by atoms with van der Waals surface area (Å²) in [4.78, 5) is 6.47. The molecule has 2 rings (SSSR count). The van der Waals surface area contributed by atoms with Crippen LogP contribution in [0.1, 0.15) is 25.5 Å². The van der Waals surface area contributed by atoms with Crippen LogP contribution in [0, 0.1) is 0 Å². The first-order valence-electron chi connectivity index (χ1n) is 5.04. The lowest BCUT2D eigenvalue weighted by atomic mass is 9.91. The first-order chi connectivity index (χ1) is 6.66.